The third kappa shape index (κ3) is 5.99. The van der Waals surface area contributed by atoms with Crippen molar-refractivity contribution in [1.29, 1.82) is 0 Å². The lowest BCUT2D eigenvalue weighted by atomic mass is 10.0. The summed E-state index contributed by atoms with van der Waals surface area (Å²) in [6.45, 7) is 0. The predicted molar refractivity (Wildman–Crippen MR) is 324 cm³/mol. The van der Waals surface area contributed by atoms with E-state index in [4.69, 9.17) is 0 Å². The Bertz CT molecular complexity index is 4940. The molecule has 0 bridgehead atoms. The summed E-state index contributed by atoms with van der Waals surface area (Å²) in [6.07, 6.45) is 0. The number of benzene rings is 12. The van der Waals surface area contributed by atoms with E-state index in [1.165, 1.54) is 70.6 Å². The van der Waals surface area contributed by atoms with Crippen molar-refractivity contribution in [2.75, 3.05) is 0 Å². The molecule has 17 rings (SSSR count). The van der Waals surface area contributed by atoms with Gasteiger partial charge in [-0.3, -0.25) is 0 Å². The van der Waals surface area contributed by atoms with Crippen molar-refractivity contribution < 1.29 is 0 Å². The molecule has 0 aliphatic heterocycles. The second kappa shape index (κ2) is 16.1. The molecule has 0 saturated carbocycles. The number of fused-ring (bicyclic) bond motifs is 15. The highest BCUT2D eigenvalue weighted by Gasteiger charge is 2.25. The summed E-state index contributed by atoms with van der Waals surface area (Å²) in [6, 6.07) is 101. The zero-order chi connectivity index (χ0) is 50.3. The fourth-order valence-electron chi connectivity index (χ4n) is 13.2. The van der Waals surface area contributed by atoms with Gasteiger partial charge in [-0.2, -0.15) is 0 Å². The van der Waals surface area contributed by atoms with E-state index in [0.717, 1.165) is 78.0 Å². The van der Waals surface area contributed by atoms with Gasteiger partial charge in [0.25, 0.3) is 0 Å². The number of hydrogen-bond acceptors (Lipinski definition) is 0. The van der Waals surface area contributed by atoms with E-state index in [1.54, 1.807) is 0 Å². The molecule has 0 N–H and O–H groups in total. The van der Waals surface area contributed by atoms with Crippen molar-refractivity contribution in [2.24, 2.45) is 0 Å². The van der Waals surface area contributed by atoms with Crippen LogP contribution in [0.25, 0.3) is 149 Å². The summed E-state index contributed by atoms with van der Waals surface area (Å²) < 4.78 is 12.5. The molecule has 5 heterocycles. The Balaban J connectivity index is 1.08. The Hall–Kier alpha value is -10.4. The molecule has 5 nitrogen and oxygen atoms in total. The molecule has 0 atom stereocenters. The molecule has 0 spiro atoms. The van der Waals surface area contributed by atoms with Crippen molar-refractivity contribution in [3.05, 3.63) is 273 Å². The molecule has 358 valence electrons. The predicted octanol–water partition coefficient (Wildman–Crippen LogP) is 18.8. The first-order valence-corrected chi connectivity index (χ1v) is 26.5. The molecular weight excluding hydrogens is 935 g/mol. The Labute approximate surface area is 442 Å². The minimum absolute atomic E-state index is 1.06. The summed E-state index contributed by atoms with van der Waals surface area (Å²) in [5.41, 5.74) is 19.3. The van der Waals surface area contributed by atoms with Crippen LogP contribution in [0.15, 0.2) is 273 Å². The molecule has 0 amide bonds. The first-order valence-electron chi connectivity index (χ1n) is 26.5. The largest absolute Gasteiger partial charge is 0.309 e. The molecule has 5 aromatic heterocycles. The van der Waals surface area contributed by atoms with Crippen LogP contribution in [0.5, 0.6) is 0 Å². The van der Waals surface area contributed by atoms with Crippen LogP contribution in [0.2, 0.25) is 0 Å². The van der Waals surface area contributed by atoms with Gasteiger partial charge in [0, 0.05) is 59.5 Å². The number of para-hydroxylation sites is 8. The van der Waals surface area contributed by atoms with Crippen molar-refractivity contribution in [3.63, 3.8) is 0 Å². The Morgan fingerprint density at radius 2 is 0.468 bits per heavy atom. The average Bonchev–Trinajstić information content (AvgIpc) is 4.45. The van der Waals surface area contributed by atoms with Crippen molar-refractivity contribution in [1.82, 2.24) is 22.8 Å². The van der Waals surface area contributed by atoms with Crippen LogP contribution in [0, 0.1) is 0 Å². The Morgan fingerprint density at radius 3 is 0.844 bits per heavy atom. The lowest BCUT2D eigenvalue weighted by Gasteiger charge is -2.19. The van der Waals surface area contributed by atoms with Gasteiger partial charge in [0.2, 0.25) is 0 Å². The zero-order valence-corrected chi connectivity index (χ0v) is 41.7. The second-order valence-corrected chi connectivity index (χ2v) is 20.5. The second-order valence-electron chi connectivity index (χ2n) is 20.5. The standard InChI is InChI=1S/C72H45N5/c1-2-20-46(21-3-1)47-38-39-70-60(40-47)61-44-51(75-66-34-16-8-26-56(66)57-27-9-17-35-67(57)75)45-71(77-68-36-18-10-28-58(68)59-29-11-19-37-69(59)77)72(61)76(70)50-42-48(73-62-30-12-4-22-52(62)53-23-5-13-31-63(53)73)41-49(43-50)74-64-32-14-6-24-54(64)55-25-7-15-33-65(55)74/h1-45H. The normalized spacial score (nSPS) is 12.2. The maximum Gasteiger partial charge on any atom is 0.0784 e. The van der Waals surface area contributed by atoms with Crippen LogP contribution < -0.4 is 0 Å². The maximum absolute atomic E-state index is 2.57. The fraction of sp³-hybridized carbons (Fsp3) is 0. The van der Waals surface area contributed by atoms with E-state index in [0.29, 0.717) is 0 Å². The SMILES string of the molecule is c1ccc(-c2ccc3c(c2)c2cc(-n4c5ccccc5c5ccccc54)cc(-n4c5ccccc5c5ccccc54)c2n3-c2cc(-n3c4ccccc4c4ccccc43)cc(-n3c4ccccc4c4ccccc43)c2)cc1. The molecule has 17 aromatic rings. The van der Waals surface area contributed by atoms with Crippen LogP contribution in [-0.2, 0) is 0 Å². The van der Waals surface area contributed by atoms with Gasteiger partial charge in [-0.1, -0.05) is 182 Å². The lowest BCUT2D eigenvalue weighted by Crippen LogP contribution is -2.05. The highest BCUT2D eigenvalue weighted by Crippen LogP contribution is 2.45. The molecule has 0 unspecified atom stereocenters. The molecule has 0 fully saturated rings. The third-order valence-electron chi connectivity index (χ3n) is 16.4. The van der Waals surface area contributed by atoms with Crippen molar-refractivity contribution in [3.8, 4) is 39.6 Å². The van der Waals surface area contributed by atoms with Gasteiger partial charge in [0.15, 0.2) is 0 Å². The quantitative estimate of drug-likeness (QED) is 0.159. The minimum atomic E-state index is 1.06. The first kappa shape index (κ1) is 42.0. The van der Waals surface area contributed by atoms with E-state index in [9.17, 15) is 0 Å². The topological polar surface area (TPSA) is 24.6 Å². The summed E-state index contributed by atoms with van der Waals surface area (Å²) in [5, 5.41) is 12.1. The number of hydrogen-bond donors (Lipinski definition) is 0. The van der Waals surface area contributed by atoms with Crippen LogP contribution in [0.4, 0.5) is 0 Å². The molecule has 77 heavy (non-hydrogen) atoms. The summed E-state index contributed by atoms with van der Waals surface area (Å²) in [7, 11) is 0. The van der Waals surface area contributed by atoms with Crippen LogP contribution in [0.3, 0.4) is 0 Å². The Kier molecular flexibility index (Phi) is 8.77. The highest BCUT2D eigenvalue weighted by molar-refractivity contribution is 6.18. The smallest absolute Gasteiger partial charge is 0.0784 e. The monoisotopic (exact) mass is 979 g/mol. The summed E-state index contributed by atoms with van der Waals surface area (Å²) in [5.74, 6) is 0. The molecular formula is C72H45N5. The molecule has 0 aliphatic carbocycles. The van der Waals surface area contributed by atoms with Gasteiger partial charge >= 0.3 is 0 Å². The van der Waals surface area contributed by atoms with Crippen molar-refractivity contribution in [2.45, 2.75) is 0 Å². The first-order chi connectivity index (χ1) is 38.2. The Morgan fingerprint density at radius 1 is 0.169 bits per heavy atom. The number of nitrogens with zero attached hydrogens (tertiary/aromatic N) is 5. The maximum atomic E-state index is 2.57. The van der Waals surface area contributed by atoms with E-state index >= 15 is 0 Å². The molecule has 0 saturated heterocycles. The van der Waals surface area contributed by atoms with E-state index in [2.05, 4.69) is 296 Å². The summed E-state index contributed by atoms with van der Waals surface area (Å²) >= 11 is 0. The molecule has 12 aromatic carbocycles. The summed E-state index contributed by atoms with van der Waals surface area (Å²) in [4.78, 5) is 0. The van der Waals surface area contributed by atoms with E-state index < -0.39 is 0 Å². The van der Waals surface area contributed by atoms with Crippen molar-refractivity contribution >= 4 is 109 Å². The number of rotatable bonds is 6. The van der Waals surface area contributed by atoms with Crippen LogP contribution in [0.1, 0.15) is 0 Å². The van der Waals surface area contributed by atoms with Gasteiger partial charge in [-0.05, 0) is 102 Å². The fourth-order valence-corrected chi connectivity index (χ4v) is 13.2. The van der Waals surface area contributed by atoms with Crippen LogP contribution >= 0.6 is 0 Å². The molecule has 5 heteroatoms. The van der Waals surface area contributed by atoms with Gasteiger partial charge in [-0.25, -0.2) is 0 Å². The van der Waals surface area contributed by atoms with Gasteiger partial charge in [-0.15, -0.1) is 0 Å². The number of aromatic nitrogens is 5. The molecule has 0 aliphatic rings. The van der Waals surface area contributed by atoms with Crippen LogP contribution in [-0.4, -0.2) is 22.8 Å². The average molecular weight is 980 g/mol. The minimum Gasteiger partial charge on any atom is -0.309 e. The molecule has 0 radical (unpaired) electrons. The van der Waals surface area contributed by atoms with E-state index in [-0.39, 0.29) is 0 Å². The third-order valence-corrected chi connectivity index (χ3v) is 16.4. The van der Waals surface area contributed by atoms with Gasteiger partial charge < -0.3 is 22.8 Å². The van der Waals surface area contributed by atoms with E-state index in [1.807, 2.05) is 0 Å². The van der Waals surface area contributed by atoms with Gasteiger partial charge in [0.05, 0.1) is 77.9 Å². The van der Waals surface area contributed by atoms with Gasteiger partial charge in [0.1, 0.15) is 0 Å². The zero-order valence-electron chi connectivity index (χ0n) is 41.7. The highest BCUT2D eigenvalue weighted by atomic mass is 15.1. The lowest BCUT2D eigenvalue weighted by molar-refractivity contribution is 1.08.